The molecular formula is C16H24BrNO. The maximum absolute atomic E-state index is 6.00. The number of hydrogen-bond donors (Lipinski definition) is 1. The molecule has 2 rings (SSSR count). The first-order valence-corrected chi connectivity index (χ1v) is 8.11. The zero-order valence-electron chi connectivity index (χ0n) is 11.9. The molecule has 1 atom stereocenters. The van der Waals surface area contributed by atoms with E-state index in [2.05, 4.69) is 53.3 Å². The maximum atomic E-state index is 6.00. The maximum Gasteiger partial charge on any atom is 0.122 e. The first-order chi connectivity index (χ1) is 9.16. The number of ether oxygens (including phenoxy) is 1. The Hall–Kier alpha value is -0.540. The fraction of sp³-hybridized carbons (Fsp3) is 0.625. The van der Waals surface area contributed by atoms with Crippen LogP contribution in [0.3, 0.4) is 0 Å². The zero-order chi connectivity index (χ0) is 13.7. The van der Waals surface area contributed by atoms with E-state index < -0.39 is 0 Å². The predicted octanol–water partition coefficient (Wildman–Crippen LogP) is 4.48. The van der Waals surface area contributed by atoms with Gasteiger partial charge >= 0.3 is 0 Å². The highest BCUT2D eigenvalue weighted by Crippen LogP contribution is 2.29. The van der Waals surface area contributed by atoms with Crippen LogP contribution in [0.1, 0.15) is 51.0 Å². The minimum atomic E-state index is 0.486. The number of benzene rings is 1. The van der Waals surface area contributed by atoms with Crippen LogP contribution in [-0.4, -0.2) is 19.2 Å². The minimum absolute atomic E-state index is 0.486. The van der Waals surface area contributed by atoms with Crippen LogP contribution >= 0.6 is 15.9 Å². The third-order valence-corrected chi connectivity index (χ3v) is 4.22. The third-order valence-electron chi connectivity index (χ3n) is 3.73. The smallest absolute Gasteiger partial charge is 0.122 e. The number of piperidine rings is 1. The summed E-state index contributed by atoms with van der Waals surface area (Å²) in [5.41, 5.74) is 1.28. The van der Waals surface area contributed by atoms with Crippen molar-refractivity contribution in [3.8, 4) is 5.75 Å². The van der Waals surface area contributed by atoms with Crippen LogP contribution in [0.5, 0.6) is 5.75 Å². The molecule has 1 aromatic rings. The number of halogens is 1. The van der Waals surface area contributed by atoms with Crippen molar-refractivity contribution < 1.29 is 4.74 Å². The third kappa shape index (κ3) is 4.50. The average Bonchev–Trinajstić information content (AvgIpc) is 2.41. The van der Waals surface area contributed by atoms with Crippen molar-refractivity contribution in [2.75, 3.05) is 13.2 Å². The summed E-state index contributed by atoms with van der Waals surface area (Å²) in [7, 11) is 0. The number of nitrogens with one attached hydrogen (secondary N) is 1. The van der Waals surface area contributed by atoms with Crippen molar-refractivity contribution in [3.63, 3.8) is 0 Å². The van der Waals surface area contributed by atoms with Gasteiger partial charge in [-0.05, 0) is 55.5 Å². The summed E-state index contributed by atoms with van der Waals surface area (Å²) in [6, 6.07) is 6.94. The fourth-order valence-corrected chi connectivity index (χ4v) is 2.96. The SMILES string of the molecule is CC(C)c1cc(Br)ccc1OCCC1CCCCN1. The first-order valence-electron chi connectivity index (χ1n) is 7.32. The van der Waals surface area contributed by atoms with E-state index in [1.54, 1.807) is 0 Å². The van der Waals surface area contributed by atoms with Crippen molar-refractivity contribution in [2.45, 2.75) is 51.5 Å². The van der Waals surface area contributed by atoms with Crippen molar-refractivity contribution in [1.29, 1.82) is 0 Å². The van der Waals surface area contributed by atoms with E-state index >= 15 is 0 Å². The van der Waals surface area contributed by atoms with E-state index in [4.69, 9.17) is 4.74 Å². The molecule has 0 saturated carbocycles. The normalized spacial score (nSPS) is 19.7. The van der Waals surface area contributed by atoms with Crippen molar-refractivity contribution in [2.24, 2.45) is 0 Å². The standard InChI is InChI=1S/C16H24BrNO/c1-12(2)15-11-13(17)6-7-16(15)19-10-8-14-5-3-4-9-18-14/h6-7,11-12,14,18H,3-5,8-10H2,1-2H3. The first kappa shape index (κ1) is 14.9. The van der Waals surface area contributed by atoms with Gasteiger partial charge in [-0.2, -0.15) is 0 Å². The van der Waals surface area contributed by atoms with E-state index in [0.717, 1.165) is 23.2 Å². The highest BCUT2D eigenvalue weighted by Gasteiger charge is 2.13. The Kier molecular flexibility index (Phi) is 5.71. The monoisotopic (exact) mass is 325 g/mol. The molecule has 2 nitrogen and oxygen atoms in total. The molecule has 1 fully saturated rings. The fourth-order valence-electron chi connectivity index (χ4n) is 2.58. The molecule has 1 aliphatic rings. The van der Waals surface area contributed by atoms with Gasteiger partial charge in [-0.15, -0.1) is 0 Å². The molecule has 3 heteroatoms. The quantitative estimate of drug-likeness (QED) is 0.861. The van der Waals surface area contributed by atoms with Crippen LogP contribution in [0.15, 0.2) is 22.7 Å². The molecule has 0 spiro atoms. The molecule has 1 aliphatic heterocycles. The highest BCUT2D eigenvalue weighted by atomic mass is 79.9. The molecule has 106 valence electrons. The molecule has 0 amide bonds. The Bertz CT molecular complexity index is 400. The predicted molar refractivity (Wildman–Crippen MR) is 84.0 cm³/mol. The van der Waals surface area contributed by atoms with E-state index in [1.807, 2.05) is 0 Å². The van der Waals surface area contributed by atoms with Gasteiger partial charge in [-0.3, -0.25) is 0 Å². The molecule has 0 bridgehead atoms. The van der Waals surface area contributed by atoms with Gasteiger partial charge in [0.15, 0.2) is 0 Å². The molecule has 1 saturated heterocycles. The molecular weight excluding hydrogens is 302 g/mol. The van der Waals surface area contributed by atoms with Crippen LogP contribution in [0.2, 0.25) is 0 Å². The number of rotatable bonds is 5. The van der Waals surface area contributed by atoms with E-state index in [9.17, 15) is 0 Å². The van der Waals surface area contributed by atoms with Gasteiger partial charge in [0.05, 0.1) is 6.61 Å². The second kappa shape index (κ2) is 7.30. The van der Waals surface area contributed by atoms with Gasteiger partial charge < -0.3 is 10.1 Å². The van der Waals surface area contributed by atoms with Crippen LogP contribution in [0.4, 0.5) is 0 Å². The molecule has 0 aliphatic carbocycles. The lowest BCUT2D eigenvalue weighted by Gasteiger charge is -2.23. The van der Waals surface area contributed by atoms with Crippen LogP contribution in [0, 0.1) is 0 Å². The topological polar surface area (TPSA) is 21.3 Å². The molecule has 19 heavy (non-hydrogen) atoms. The average molecular weight is 326 g/mol. The Morgan fingerprint density at radius 3 is 2.89 bits per heavy atom. The van der Waals surface area contributed by atoms with Gasteiger partial charge in [0, 0.05) is 10.5 Å². The van der Waals surface area contributed by atoms with E-state index in [0.29, 0.717) is 12.0 Å². The van der Waals surface area contributed by atoms with Crippen LogP contribution in [0.25, 0.3) is 0 Å². The van der Waals surface area contributed by atoms with Gasteiger partial charge in [0.25, 0.3) is 0 Å². The molecule has 0 aromatic heterocycles. The summed E-state index contributed by atoms with van der Waals surface area (Å²) in [4.78, 5) is 0. The Balaban J connectivity index is 1.88. The summed E-state index contributed by atoms with van der Waals surface area (Å²) in [6.07, 6.45) is 5.07. The highest BCUT2D eigenvalue weighted by molar-refractivity contribution is 9.10. The largest absolute Gasteiger partial charge is 0.493 e. The Morgan fingerprint density at radius 1 is 1.37 bits per heavy atom. The van der Waals surface area contributed by atoms with Gasteiger partial charge in [-0.1, -0.05) is 36.2 Å². The van der Waals surface area contributed by atoms with Gasteiger partial charge in [0.1, 0.15) is 5.75 Å². The molecule has 1 N–H and O–H groups in total. The summed E-state index contributed by atoms with van der Waals surface area (Å²) >= 11 is 3.53. The summed E-state index contributed by atoms with van der Waals surface area (Å²) in [6.45, 7) is 6.38. The van der Waals surface area contributed by atoms with Crippen molar-refractivity contribution in [3.05, 3.63) is 28.2 Å². The molecule has 1 aromatic carbocycles. The lowest BCUT2D eigenvalue weighted by molar-refractivity contribution is 0.265. The lowest BCUT2D eigenvalue weighted by Crippen LogP contribution is -2.35. The van der Waals surface area contributed by atoms with Gasteiger partial charge in [0.2, 0.25) is 0 Å². The van der Waals surface area contributed by atoms with E-state index in [1.165, 1.54) is 31.4 Å². The Labute approximate surface area is 125 Å². The molecule has 1 heterocycles. The minimum Gasteiger partial charge on any atom is -0.493 e. The van der Waals surface area contributed by atoms with Crippen molar-refractivity contribution in [1.82, 2.24) is 5.32 Å². The lowest BCUT2D eigenvalue weighted by atomic mass is 10.0. The Morgan fingerprint density at radius 2 is 2.21 bits per heavy atom. The second-order valence-electron chi connectivity index (χ2n) is 5.62. The second-order valence-corrected chi connectivity index (χ2v) is 6.54. The summed E-state index contributed by atoms with van der Waals surface area (Å²) in [5, 5.41) is 3.56. The zero-order valence-corrected chi connectivity index (χ0v) is 13.5. The van der Waals surface area contributed by atoms with Crippen LogP contribution in [-0.2, 0) is 0 Å². The van der Waals surface area contributed by atoms with E-state index in [-0.39, 0.29) is 0 Å². The molecule has 0 radical (unpaired) electrons. The summed E-state index contributed by atoms with van der Waals surface area (Å²) < 4.78 is 7.12. The summed E-state index contributed by atoms with van der Waals surface area (Å²) in [5.74, 6) is 1.52. The van der Waals surface area contributed by atoms with Crippen LogP contribution < -0.4 is 10.1 Å². The van der Waals surface area contributed by atoms with Crippen molar-refractivity contribution >= 4 is 15.9 Å². The van der Waals surface area contributed by atoms with Gasteiger partial charge in [-0.25, -0.2) is 0 Å². The number of hydrogen-bond acceptors (Lipinski definition) is 2. The molecule has 1 unspecified atom stereocenters.